The van der Waals surface area contributed by atoms with Gasteiger partial charge in [0, 0.05) is 12.1 Å². The summed E-state index contributed by atoms with van der Waals surface area (Å²) in [6, 6.07) is 18.1. The summed E-state index contributed by atoms with van der Waals surface area (Å²) in [5, 5.41) is 3.14. The van der Waals surface area contributed by atoms with Crippen molar-refractivity contribution in [2.75, 3.05) is 11.9 Å². The van der Waals surface area contributed by atoms with Crippen molar-refractivity contribution in [3.8, 4) is 0 Å². The van der Waals surface area contributed by atoms with Crippen LogP contribution < -0.4 is 5.32 Å². The molecule has 0 saturated carbocycles. The van der Waals surface area contributed by atoms with Gasteiger partial charge in [0.15, 0.2) is 5.78 Å². The minimum absolute atomic E-state index is 0.202. The highest BCUT2D eigenvalue weighted by atomic mass is 16.1. The first kappa shape index (κ1) is 13.3. The largest absolute Gasteiger partial charge is 0.378 e. The van der Waals surface area contributed by atoms with Crippen LogP contribution in [0.25, 0.3) is 0 Å². The van der Waals surface area contributed by atoms with Crippen molar-refractivity contribution in [1.82, 2.24) is 0 Å². The molecule has 0 heterocycles. The fourth-order valence-electron chi connectivity index (χ4n) is 1.94. The maximum absolute atomic E-state index is 11.9. The molecule has 0 atom stereocenters. The number of hydrogen-bond acceptors (Lipinski definition) is 2. The molecule has 98 valence electrons. The van der Waals surface area contributed by atoms with E-state index in [-0.39, 0.29) is 5.78 Å². The molecule has 0 aliphatic rings. The van der Waals surface area contributed by atoms with Crippen molar-refractivity contribution in [2.24, 2.45) is 0 Å². The molecule has 2 aromatic carbocycles. The Balaban J connectivity index is 1.83. The van der Waals surface area contributed by atoms with Crippen LogP contribution in [-0.2, 0) is 17.6 Å². The number of carbonyl (C=O) groups is 1. The second kappa shape index (κ2) is 6.74. The van der Waals surface area contributed by atoms with Gasteiger partial charge in [-0.25, -0.2) is 0 Å². The Morgan fingerprint density at radius 3 is 2.21 bits per heavy atom. The lowest BCUT2D eigenvalue weighted by Gasteiger charge is -2.06. The minimum atomic E-state index is 0.202. The highest BCUT2D eigenvalue weighted by Gasteiger charge is 2.03. The van der Waals surface area contributed by atoms with Crippen LogP contribution in [-0.4, -0.2) is 12.3 Å². The number of benzene rings is 2. The van der Waals surface area contributed by atoms with E-state index in [4.69, 9.17) is 0 Å². The van der Waals surface area contributed by atoms with E-state index in [2.05, 4.69) is 24.4 Å². The lowest BCUT2D eigenvalue weighted by Crippen LogP contribution is -2.15. The number of para-hydroxylation sites is 1. The van der Waals surface area contributed by atoms with Gasteiger partial charge in [0.05, 0.1) is 6.54 Å². The molecule has 0 fully saturated rings. The normalized spacial score (nSPS) is 10.2. The zero-order chi connectivity index (χ0) is 13.5. The zero-order valence-electron chi connectivity index (χ0n) is 11.2. The Morgan fingerprint density at radius 1 is 0.947 bits per heavy atom. The van der Waals surface area contributed by atoms with E-state index in [9.17, 15) is 4.79 Å². The van der Waals surface area contributed by atoms with E-state index in [0.717, 1.165) is 17.7 Å². The standard InChI is InChI=1S/C17H19NO/c1-2-14-8-10-15(11-9-14)12-17(19)13-18-16-6-4-3-5-7-16/h3-11,18H,2,12-13H2,1H3. The van der Waals surface area contributed by atoms with Crippen molar-refractivity contribution < 1.29 is 4.79 Å². The summed E-state index contributed by atoms with van der Waals surface area (Å²) in [5.41, 5.74) is 3.37. The summed E-state index contributed by atoms with van der Waals surface area (Å²) in [5.74, 6) is 0.202. The third-order valence-electron chi connectivity index (χ3n) is 3.10. The maximum Gasteiger partial charge on any atom is 0.156 e. The van der Waals surface area contributed by atoms with Crippen LogP contribution >= 0.6 is 0 Å². The predicted molar refractivity (Wildman–Crippen MR) is 79.5 cm³/mol. The number of carbonyl (C=O) groups excluding carboxylic acids is 1. The summed E-state index contributed by atoms with van der Waals surface area (Å²) >= 11 is 0. The van der Waals surface area contributed by atoms with E-state index < -0.39 is 0 Å². The van der Waals surface area contributed by atoms with Crippen LogP contribution in [0.5, 0.6) is 0 Å². The van der Waals surface area contributed by atoms with Gasteiger partial charge < -0.3 is 5.32 Å². The first-order valence-corrected chi connectivity index (χ1v) is 6.66. The Morgan fingerprint density at radius 2 is 1.58 bits per heavy atom. The molecule has 0 amide bonds. The summed E-state index contributed by atoms with van der Waals surface area (Å²) in [4.78, 5) is 11.9. The highest BCUT2D eigenvalue weighted by molar-refractivity contribution is 5.84. The minimum Gasteiger partial charge on any atom is -0.378 e. The second-order valence-electron chi connectivity index (χ2n) is 4.61. The van der Waals surface area contributed by atoms with Gasteiger partial charge in [0.1, 0.15) is 0 Å². The van der Waals surface area contributed by atoms with E-state index in [1.54, 1.807) is 0 Å². The molecular formula is C17H19NO. The summed E-state index contributed by atoms with van der Waals surface area (Å²) in [7, 11) is 0. The molecule has 2 rings (SSSR count). The molecule has 0 aliphatic heterocycles. The van der Waals surface area contributed by atoms with Crippen molar-refractivity contribution in [1.29, 1.82) is 0 Å². The third-order valence-corrected chi connectivity index (χ3v) is 3.10. The molecule has 0 radical (unpaired) electrons. The average Bonchev–Trinajstić information content (AvgIpc) is 2.47. The van der Waals surface area contributed by atoms with Crippen LogP contribution in [0.15, 0.2) is 54.6 Å². The molecule has 1 N–H and O–H groups in total. The fourth-order valence-corrected chi connectivity index (χ4v) is 1.94. The topological polar surface area (TPSA) is 29.1 Å². The maximum atomic E-state index is 11.9. The molecule has 19 heavy (non-hydrogen) atoms. The van der Waals surface area contributed by atoms with Crippen LogP contribution in [0.1, 0.15) is 18.1 Å². The monoisotopic (exact) mass is 253 g/mol. The Hall–Kier alpha value is -2.09. The van der Waals surface area contributed by atoms with Gasteiger partial charge in [-0.2, -0.15) is 0 Å². The lowest BCUT2D eigenvalue weighted by molar-refractivity contribution is -0.116. The smallest absolute Gasteiger partial charge is 0.156 e. The van der Waals surface area contributed by atoms with Gasteiger partial charge in [-0.15, -0.1) is 0 Å². The molecule has 0 saturated heterocycles. The molecular weight excluding hydrogens is 234 g/mol. The average molecular weight is 253 g/mol. The van der Waals surface area contributed by atoms with Crippen LogP contribution in [0.4, 0.5) is 5.69 Å². The van der Waals surface area contributed by atoms with Gasteiger partial charge in [0.25, 0.3) is 0 Å². The fraction of sp³-hybridized carbons (Fsp3) is 0.235. The van der Waals surface area contributed by atoms with Gasteiger partial charge in [-0.05, 0) is 29.7 Å². The Labute approximate surface area is 114 Å². The summed E-state index contributed by atoms with van der Waals surface area (Å²) < 4.78 is 0. The molecule has 0 bridgehead atoms. The number of anilines is 1. The molecule has 2 nitrogen and oxygen atoms in total. The number of ketones is 1. The van der Waals surface area contributed by atoms with Crippen LogP contribution in [0.3, 0.4) is 0 Å². The van der Waals surface area contributed by atoms with Gasteiger partial charge in [0.2, 0.25) is 0 Å². The van der Waals surface area contributed by atoms with Gasteiger partial charge >= 0.3 is 0 Å². The number of nitrogens with one attached hydrogen (secondary N) is 1. The number of Topliss-reactive ketones (excluding diaryl/α,β-unsaturated/α-hetero) is 1. The van der Waals surface area contributed by atoms with Gasteiger partial charge in [-0.1, -0.05) is 49.4 Å². The quantitative estimate of drug-likeness (QED) is 0.854. The van der Waals surface area contributed by atoms with Crippen molar-refractivity contribution in [3.63, 3.8) is 0 Å². The summed E-state index contributed by atoms with van der Waals surface area (Å²) in [6.07, 6.45) is 1.52. The van der Waals surface area contributed by atoms with Gasteiger partial charge in [-0.3, -0.25) is 4.79 Å². The number of aryl methyl sites for hydroxylation is 1. The second-order valence-corrected chi connectivity index (χ2v) is 4.61. The van der Waals surface area contributed by atoms with Crippen molar-refractivity contribution >= 4 is 11.5 Å². The van der Waals surface area contributed by atoms with Crippen molar-refractivity contribution in [2.45, 2.75) is 19.8 Å². The van der Waals surface area contributed by atoms with Crippen LogP contribution in [0.2, 0.25) is 0 Å². The molecule has 0 aliphatic carbocycles. The van der Waals surface area contributed by atoms with E-state index in [1.165, 1.54) is 5.56 Å². The molecule has 0 aromatic heterocycles. The predicted octanol–water partition coefficient (Wildman–Crippen LogP) is 3.47. The molecule has 0 spiro atoms. The van der Waals surface area contributed by atoms with Crippen molar-refractivity contribution in [3.05, 3.63) is 65.7 Å². The Bertz CT molecular complexity index is 517. The highest BCUT2D eigenvalue weighted by Crippen LogP contribution is 2.07. The number of hydrogen-bond donors (Lipinski definition) is 1. The number of rotatable bonds is 6. The Kier molecular flexibility index (Phi) is 4.73. The van der Waals surface area contributed by atoms with Crippen LogP contribution in [0, 0.1) is 0 Å². The first-order valence-electron chi connectivity index (χ1n) is 6.66. The SMILES string of the molecule is CCc1ccc(CC(=O)CNc2ccccc2)cc1. The van der Waals surface area contributed by atoms with E-state index >= 15 is 0 Å². The van der Waals surface area contributed by atoms with E-state index in [0.29, 0.717) is 13.0 Å². The molecule has 2 heteroatoms. The third kappa shape index (κ3) is 4.25. The first-order chi connectivity index (χ1) is 9.28. The molecule has 0 unspecified atom stereocenters. The zero-order valence-corrected chi connectivity index (χ0v) is 11.2. The molecule has 2 aromatic rings. The van der Waals surface area contributed by atoms with E-state index in [1.807, 2.05) is 42.5 Å². The lowest BCUT2D eigenvalue weighted by atomic mass is 10.1. The summed E-state index contributed by atoms with van der Waals surface area (Å²) in [6.45, 7) is 2.50.